The largest absolute Gasteiger partial charge is 0.374 e. The molecule has 0 radical (unpaired) electrons. The molecule has 0 aliphatic carbocycles. The number of hydrogen-bond acceptors (Lipinski definition) is 3. The van der Waals surface area contributed by atoms with E-state index in [-0.39, 0.29) is 0 Å². The van der Waals surface area contributed by atoms with Crippen molar-refractivity contribution >= 4 is 0 Å². The number of morpholine rings is 1. The van der Waals surface area contributed by atoms with Crippen molar-refractivity contribution < 1.29 is 4.74 Å². The number of likely N-dealkylation sites (N-methyl/N-ethyl adjacent to an activating group) is 1. The van der Waals surface area contributed by atoms with E-state index in [1.807, 2.05) is 0 Å². The van der Waals surface area contributed by atoms with Crippen LogP contribution in [-0.2, 0) is 11.2 Å². The molecule has 2 rings (SSSR count). The van der Waals surface area contributed by atoms with Crippen LogP contribution in [0.3, 0.4) is 0 Å². The Labute approximate surface area is 116 Å². The summed E-state index contributed by atoms with van der Waals surface area (Å²) >= 11 is 0. The molecule has 3 heteroatoms. The molecule has 3 nitrogen and oxygen atoms in total. The third kappa shape index (κ3) is 4.94. The third-order valence-electron chi connectivity index (χ3n) is 3.75. The Morgan fingerprint density at radius 3 is 2.89 bits per heavy atom. The van der Waals surface area contributed by atoms with Crippen LogP contribution in [0, 0.1) is 0 Å². The maximum absolute atomic E-state index is 5.81. The lowest BCUT2D eigenvalue weighted by atomic mass is 10.1. The number of ether oxygens (including phenoxy) is 1. The van der Waals surface area contributed by atoms with Gasteiger partial charge in [-0.15, -0.1) is 0 Å². The standard InChI is InChI=1S/C16H26N2O/c1-3-18-9-10-19-16(13-18)12-17-14(2)11-15-7-5-4-6-8-15/h4-8,14,16-17H,3,9-13H2,1-2H3. The van der Waals surface area contributed by atoms with Crippen LogP contribution in [0.4, 0.5) is 0 Å². The first-order chi connectivity index (χ1) is 9.28. The number of hydrogen-bond donors (Lipinski definition) is 1. The highest BCUT2D eigenvalue weighted by Crippen LogP contribution is 2.06. The Hall–Kier alpha value is -0.900. The van der Waals surface area contributed by atoms with Gasteiger partial charge in [-0.3, -0.25) is 4.90 Å². The Morgan fingerprint density at radius 1 is 1.37 bits per heavy atom. The third-order valence-corrected chi connectivity index (χ3v) is 3.75. The van der Waals surface area contributed by atoms with Gasteiger partial charge in [0.25, 0.3) is 0 Å². The second kappa shape index (κ2) is 7.63. The molecule has 2 atom stereocenters. The molecule has 1 aliphatic heterocycles. The predicted molar refractivity (Wildman–Crippen MR) is 79.5 cm³/mol. The molecule has 1 aromatic carbocycles. The topological polar surface area (TPSA) is 24.5 Å². The Balaban J connectivity index is 1.70. The zero-order chi connectivity index (χ0) is 13.5. The van der Waals surface area contributed by atoms with Gasteiger partial charge in [0.1, 0.15) is 0 Å². The molecule has 1 aliphatic rings. The summed E-state index contributed by atoms with van der Waals surface area (Å²) in [5.41, 5.74) is 1.39. The Kier molecular flexibility index (Phi) is 5.83. The van der Waals surface area contributed by atoms with Crippen molar-refractivity contribution in [3.63, 3.8) is 0 Å². The van der Waals surface area contributed by atoms with Gasteiger partial charge in [0.15, 0.2) is 0 Å². The highest BCUT2D eigenvalue weighted by atomic mass is 16.5. The first-order valence-corrected chi connectivity index (χ1v) is 7.39. The van der Waals surface area contributed by atoms with E-state index in [0.717, 1.165) is 39.2 Å². The minimum atomic E-state index is 0.340. The van der Waals surface area contributed by atoms with Crippen molar-refractivity contribution in [2.45, 2.75) is 32.4 Å². The van der Waals surface area contributed by atoms with Crippen LogP contribution in [0.2, 0.25) is 0 Å². The number of nitrogens with zero attached hydrogens (tertiary/aromatic N) is 1. The molecular weight excluding hydrogens is 236 g/mol. The normalized spacial score (nSPS) is 22.3. The maximum atomic E-state index is 5.81. The van der Waals surface area contributed by atoms with E-state index in [1.165, 1.54) is 5.56 Å². The molecular formula is C16H26N2O. The van der Waals surface area contributed by atoms with Crippen LogP contribution in [0.1, 0.15) is 19.4 Å². The maximum Gasteiger partial charge on any atom is 0.0826 e. The molecule has 19 heavy (non-hydrogen) atoms. The molecule has 2 unspecified atom stereocenters. The van der Waals surface area contributed by atoms with Gasteiger partial charge in [0, 0.05) is 25.7 Å². The van der Waals surface area contributed by atoms with E-state index in [1.54, 1.807) is 0 Å². The van der Waals surface area contributed by atoms with Gasteiger partial charge in [-0.05, 0) is 25.5 Å². The molecule has 0 saturated carbocycles. The molecule has 0 bridgehead atoms. The molecule has 1 saturated heterocycles. The quantitative estimate of drug-likeness (QED) is 0.848. The summed E-state index contributed by atoms with van der Waals surface area (Å²) in [6.45, 7) is 9.53. The SMILES string of the molecule is CCN1CCOC(CNC(C)Cc2ccccc2)C1. The highest BCUT2D eigenvalue weighted by Gasteiger charge is 2.19. The van der Waals surface area contributed by atoms with Crippen molar-refractivity contribution in [1.29, 1.82) is 0 Å². The van der Waals surface area contributed by atoms with E-state index in [9.17, 15) is 0 Å². The minimum absolute atomic E-state index is 0.340. The van der Waals surface area contributed by atoms with Gasteiger partial charge < -0.3 is 10.1 Å². The average Bonchev–Trinajstić information content (AvgIpc) is 2.46. The van der Waals surface area contributed by atoms with Crippen molar-refractivity contribution in [3.8, 4) is 0 Å². The number of nitrogens with one attached hydrogen (secondary N) is 1. The summed E-state index contributed by atoms with van der Waals surface area (Å²) in [5.74, 6) is 0. The Morgan fingerprint density at radius 2 is 2.16 bits per heavy atom. The molecule has 1 heterocycles. The molecule has 0 aromatic heterocycles. The molecule has 1 aromatic rings. The van der Waals surface area contributed by atoms with Crippen LogP contribution in [0.25, 0.3) is 0 Å². The van der Waals surface area contributed by atoms with E-state index in [2.05, 4.69) is 54.4 Å². The monoisotopic (exact) mass is 262 g/mol. The van der Waals surface area contributed by atoms with Crippen LogP contribution >= 0.6 is 0 Å². The average molecular weight is 262 g/mol. The van der Waals surface area contributed by atoms with Gasteiger partial charge in [0.05, 0.1) is 12.7 Å². The van der Waals surface area contributed by atoms with Crippen LogP contribution in [0.15, 0.2) is 30.3 Å². The van der Waals surface area contributed by atoms with E-state index in [4.69, 9.17) is 4.74 Å². The molecule has 0 spiro atoms. The second-order valence-corrected chi connectivity index (χ2v) is 5.39. The number of rotatable bonds is 6. The molecule has 106 valence electrons. The predicted octanol–water partition coefficient (Wildman–Crippen LogP) is 1.93. The van der Waals surface area contributed by atoms with Gasteiger partial charge in [-0.2, -0.15) is 0 Å². The van der Waals surface area contributed by atoms with Crippen molar-refractivity contribution in [3.05, 3.63) is 35.9 Å². The highest BCUT2D eigenvalue weighted by molar-refractivity contribution is 5.15. The summed E-state index contributed by atoms with van der Waals surface area (Å²) in [6, 6.07) is 11.1. The smallest absolute Gasteiger partial charge is 0.0826 e. The first kappa shape index (κ1) is 14.5. The lowest BCUT2D eigenvalue weighted by molar-refractivity contribution is -0.0261. The van der Waals surface area contributed by atoms with Crippen LogP contribution in [-0.4, -0.2) is 49.8 Å². The van der Waals surface area contributed by atoms with Gasteiger partial charge in [-0.25, -0.2) is 0 Å². The summed E-state index contributed by atoms with van der Waals surface area (Å²) in [5, 5.41) is 3.59. The Bertz CT molecular complexity index is 355. The zero-order valence-corrected chi connectivity index (χ0v) is 12.1. The lowest BCUT2D eigenvalue weighted by Gasteiger charge is -2.32. The second-order valence-electron chi connectivity index (χ2n) is 5.39. The van der Waals surface area contributed by atoms with Gasteiger partial charge >= 0.3 is 0 Å². The van der Waals surface area contributed by atoms with Crippen molar-refractivity contribution in [2.75, 3.05) is 32.8 Å². The van der Waals surface area contributed by atoms with Gasteiger partial charge in [-0.1, -0.05) is 37.3 Å². The van der Waals surface area contributed by atoms with Crippen molar-refractivity contribution in [2.24, 2.45) is 0 Å². The molecule has 1 N–H and O–H groups in total. The van der Waals surface area contributed by atoms with E-state index >= 15 is 0 Å². The first-order valence-electron chi connectivity index (χ1n) is 7.39. The van der Waals surface area contributed by atoms with Crippen molar-refractivity contribution in [1.82, 2.24) is 10.2 Å². The van der Waals surface area contributed by atoms with Crippen LogP contribution < -0.4 is 5.32 Å². The van der Waals surface area contributed by atoms with Gasteiger partial charge in [0.2, 0.25) is 0 Å². The molecule has 0 amide bonds. The van der Waals surface area contributed by atoms with Crippen LogP contribution in [0.5, 0.6) is 0 Å². The number of benzene rings is 1. The fourth-order valence-corrected chi connectivity index (χ4v) is 2.56. The zero-order valence-electron chi connectivity index (χ0n) is 12.1. The summed E-state index contributed by atoms with van der Waals surface area (Å²) in [7, 11) is 0. The molecule has 1 fully saturated rings. The fraction of sp³-hybridized carbons (Fsp3) is 0.625. The summed E-state index contributed by atoms with van der Waals surface area (Å²) in [4.78, 5) is 2.46. The summed E-state index contributed by atoms with van der Waals surface area (Å²) < 4.78 is 5.81. The minimum Gasteiger partial charge on any atom is -0.374 e. The summed E-state index contributed by atoms with van der Waals surface area (Å²) in [6.07, 6.45) is 1.41. The lowest BCUT2D eigenvalue weighted by Crippen LogP contribution is -2.47. The van der Waals surface area contributed by atoms with E-state index < -0.39 is 0 Å². The fourth-order valence-electron chi connectivity index (χ4n) is 2.56. The van der Waals surface area contributed by atoms with E-state index in [0.29, 0.717) is 12.1 Å².